The van der Waals surface area contributed by atoms with Crippen molar-refractivity contribution in [2.24, 2.45) is 11.7 Å². The number of amides is 2. The van der Waals surface area contributed by atoms with E-state index in [1.54, 1.807) is 48.2 Å². The van der Waals surface area contributed by atoms with Crippen molar-refractivity contribution in [2.75, 3.05) is 23.9 Å². The summed E-state index contributed by atoms with van der Waals surface area (Å²) < 4.78 is 27.7. The highest BCUT2D eigenvalue weighted by Crippen LogP contribution is 2.25. The van der Waals surface area contributed by atoms with Crippen molar-refractivity contribution < 1.29 is 18.0 Å². The number of sulfonamides is 1. The van der Waals surface area contributed by atoms with Crippen molar-refractivity contribution in [1.82, 2.24) is 4.90 Å². The summed E-state index contributed by atoms with van der Waals surface area (Å²) in [4.78, 5) is 25.9. The molecule has 0 aromatic heterocycles. The maximum absolute atomic E-state index is 13.2. The first-order valence-corrected chi connectivity index (χ1v) is 11.0. The van der Waals surface area contributed by atoms with E-state index in [1.165, 1.54) is 16.4 Å². The van der Waals surface area contributed by atoms with E-state index in [1.807, 2.05) is 6.07 Å². The molecule has 0 spiro atoms. The molecular formula is C21H25N3O4S. The molecule has 3 rings (SSSR count). The highest BCUT2D eigenvalue weighted by atomic mass is 32.2. The Morgan fingerprint density at radius 2 is 1.72 bits per heavy atom. The Labute approximate surface area is 171 Å². The molecule has 2 amide bonds. The van der Waals surface area contributed by atoms with E-state index in [0.29, 0.717) is 37.2 Å². The summed E-state index contributed by atoms with van der Waals surface area (Å²) in [5, 5.41) is 0. The number of carbonyl (C=O) groups excluding carboxylic acids is 2. The third-order valence-corrected chi connectivity index (χ3v) is 7.08. The number of primary amides is 1. The van der Waals surface area contributed by atoms with Gasteiger partial charge in [0.2, 0.25) is 5.91 Å². The first-order valence-electron chi connectivity index (χ1n) is 9.61. The molecule has 0 atom stereocenters. The van der Waals surface area contributed by atoms with Crippen LogP contribution in [0.1, 0.15) is 30.1 Å². The van der Waals surface area contributed by atoms with Gasteiger partial charge in [0.05, 0.1) is 10.6 Å². The SMILES string of the molecule is CCN(c1ccccc1)S(=O)(=O)c1cccc(C(=O)N2CCC(C(N)=O)CC2)c1. The molecule has 1 saturated heterocycles. The van der Waals surface area contributed by atoms with Crippen LogP contribution in [0.5, 0.6) is 0 Å². The molecule has 2 aromatic rings. The van der Waals surface area contributed by atoms with Crippen molar-refractivity contribution in [3.8, 4) is 0 Å². The second-order valence-corrected chi connectivity index (χ2v) is 8.86. The number of carbonyl (C=O) groups is 2. The Bertz CT molecular complexity index is 984. The van der Waals surface area contributed by atoms with E-state index in [9.17, 15) is 18.0 Å². The molecule has 1 aliphatic heterocycles. The molecule has 0 saturated carbocycles. The molecule has 2 N–H and O–H groups in total. The average Bonchev–Trinajstić information content (AvgIpc) is 2.74. The predicted molar refractivity (Wildman–Crippen MR) is 111 cm³/mol. The number of hydrogen-bond acceptors (Lipinski definition) is 4. The normalized spacial score (nSPS) is 15.1. The second-order valence-electron chi connectivity index (χ2n) is 7.00. The first-order chi connectivity index (χ1) is 13.8. The maximum atomic E-state index is 13.2. The summed E-state index contributed by atoms with van der Waals surface area (Å²) >= 11 is 0. The predicted octanol–water partition coefficient (Wildman–Crippen LogP) is 2.24. The monoisotopic (exact) mass is 415 g/mol. The third-order valence-electron chi connectivity index (χ3n) is 5.18. The van der Waals surface area contributed by atoms with Crippen molar-refractivity contribution in [3.63, 3.8) is 0 Å². The summed E-state index contributed by atoms with van der Waals surface area (Å²) in [6.07, 6.45) is 1.05. The van der Waals surface area contributed by atoms with Crippen LogP contribution in [0.15, 0.2) is 59.5 Å². The number of nitrogens with two attached hydrogens (primary N) is 1. The van der Waals surface area contributed by atoms with Gasteiger partial charge < -0.3 is 10.6 Å². The van der Waals surface area contributed by atoms with Gasteiger partial charge in [-0.3, -0.25) is 13.9 Å². The highest BCUT2D eigenvalue weighted by Gasteiger charge is 2.28. The summed E-state index contributed by atoms with van der Waals surface area (Å²) in [6, 6.07) is 15.0. The van der Waals surface area contributed by atoms with Gasteiger partial charge in [-0.2, -0.15) is 0 Å². The van der Waals surface area contributed by atoms with E-state index < -0.39 is 10.0 Å². The van der Waals surface area contributed by atoms with E-state index in [2.05, 4.69) is 0 Å². The van der Waals surface area contributed by atoms with Gasteiger partial charge in [-0.05, 0) is 50.1 Å². The number of anilines is 1. The lowest BCUT2D eigenvalue weighted by Crippen LogP contribution is -2.41. The van der Waals surface area contributed by atoms with Gasteiger partial charge in [-0.1, -0.05) is 24.3 Å². The largest absolute Gasteiger partial charge is 0.369 e. The average molecular weight is 416 g/mol. The van der Waals surface area contributed by atoms with Crippen LogP contribution >= 0.6 is 0 Å². The summed E-state index contributed by atoms with van der Waals surface area (Å²) in [6.45, 7) is 2.89. The number of likely N-dealkylation sites (tertiary alicyclic amines) is 1. The minimum atomic E-state index is -3.81. The van der Waals surface area contributed by atoms with Crippen LogP contribution in [0.2, 0.25) is 0 Å². The molecule has 154 valence electrons. The Kier molecular flexibility index (Phi) is 6.22. The number of benzene rings is 2. The fraction of sp³-hybridized carbons (Fsp3) is 0.333. The minimum Gasteiger partial charge on any atom is -0.369 e. The Morgan fingerprint density at radius 3 is 2.31 bits per heavy atom. The highest BCUT2D eigenvalue weighted by molar-refractivity contribution is 7.92. The molecule has 29 heavy (non-hydrogen) atoms. The van der Waals surface area contributed by atoms with Gasteiger partial charge in [0.15, 0.2) is 0 Å². The molecular weight excluding hydrogens is 390 g/mol. The van der Waals surface area contributed by atoms with Gasteiger partial charge in [0.1, 0.15) is 0 Å². The Balaban J connectivity index is 1.83. The van der Waals surface area contributed by atoms with E-state index in [0.717, 1.165) is 0 Å². The zero-order valence-corrected chi connectivity index (χ0v) is 17.1. The Hall–Kier alpha value is -2.87. The quantitative estimate of drug-likeness (QED) is 0.782. The van der Waals surface area contributed by atoms with Crippen LogP contribution in [0.3, 0.4) is 0 Å². The van der Waals surface area contributed by atoms with Crippen LogP contribution < -0.4 is 10.0 Å². The lowest BCUT2D eigenvalue weighted by atomic mass is 9.96. The summed E-state index contributed by atoms with van der Waals surface area (Å²) in [7, 11) is -3.81. The number of hydrogen-bond donors (Lipinski definition) is 1. The van der Waals surface area contributed by atoms with Gasteiger partial charge in [0.25, 0.3) is 15.9 Å². The molecule has 0 radical (unpaired) electrons. The van der Waals surface area contributed by atoms with E-state index in [-0.39, 0.29) is 29.2 Å². The zero-order valence-electron chi connectivity index (χ0n) is 16.3. The second kappa shape index (κ2) is 8.65. The van der Waals surface area contributed by atoms with Crippen LogP contribution in [-0.2, 0) is 14.8 Å². The zero-order chi connectivity index (χ0) is 21.0. The van der Waals surface area contributed by atoms with E-state index in [4.69, 9.17) is 5.73 Å². The van der Waals surface area contributed by atoms with Crippen molar-refractivity contribution in [3.05, 3.63) is 60.2 Å². The van der Waals surface area contributed by atoms with Gasteiger partial charge in [-0.25, -0.2) is 8.42 Å². The lowest BCUT2D eigenvalue weighted by molar-refractivity contribution is -0.123. The fourth-order valence-electron chi connectivity index (χ4n) is 3.55. The fourth-order valence-corrected chi connectivity index (χ4v) is 5.07. The first kappa shape index (κ1) is 20.9. The van der Waals surface area contributed by atoms with Gasteiger partial charge in [-0.15, -0.1) is 0 Å². The van der Waals surface area contributed by atoms with Crippen LogP contribution in [0.25, 0.3) is 0 Å². The van der Waals surface area contributed by atoms with Crippen molar-refractivity contribution in [2.45, 2.75) is 24.7 Å². The number of para-hydroxylation sites is 1. The number of piperidine rings is 1. The third kappa shape index (κ3) is 4.42. The van der Waals surface area contributed by atoms with Crippen LogP contribution in [0.4, 0.5) is 5.69 Å². The molecule has 1 fully saturated rings. The Morgan fingerprint density at radius 1 is 1.07 bits per heavy atom. The number of nitrogens with zero attached hydrogens (tertiary/aromatic N) is 2. The standard InChI is InChI=1S/C21H25N3O4S/c1-2-24(18-8-4-3-5-9-18)29(27,28)19-10-6-7-17(15-19)21(26)23-13-11-16(12-14-23)20(22)25/h3-10,15-16H,2,11-14H2,1H3,(H2,22,25). The van der Waals surface area contributed by atoms with Gasteiger partial charge in [0, 0.05) is 31.1 Å². The summed E-state index contributed by atoms with van der Waals surface area (Å²) in [5.74, 6) is -0.798. The molecule has 1 heterocycles. The summed E-state index contributed by atoms with van der Waals surface area (Å²) in [5.41, 5.74) is 6.23. The minimum absolute atomic E-state index is 0.0704. The van der Waals surface area contributed by atoms with Crippen LogP contribution in [-0.4, -0.2) is 44.8 Å². The maximum Gasteiger partial charge on any atom is 0.264 e. The van der Waals surface area contributed by atoms with Gasteiger partial charge >= 0.3 is 0 Å². The molecule has 1 aliphatic rings. The molecule has 2 aromatic carbocycles. The molecule has 0 aliphatic carbocycles. The number of rotatable bonds is 6. The molecule has 7 nitrogen and oxygen atoms in total. The van der Waals surface area contributed by atoms with E-state index >= 15 is 0 Å². The van der Waals surface area contributed by atoms with Crippen molar-refractivity contribution >= 4 is 27.5 Å². The molecule has 0 bridgehead atoms. The topological polar surface area (TPSA) is 101 Å². The van der Waals surface area contributed by atoms with Crippen LogP contribution in [0, 0.1) is 5.92 Å². The molecule has 8 heteroatoms. The van der Waals surface area contributed by atoms with Crippen molar-refractivity contribution in [1.29, 1.82) is 0 Å². The molecule has 0 unspecified atom stereocenters. The smallest absolute Gasteiger partial charge is 0.264 e. The lowest BCUT2D eigenvalue weighted by Gasteiger charge is -2.30.